The molecule has 18 heavy (non-hydrogen) atoms. The Kier molecular flexibility index (Phi) is 3.14. The monoisotopic (exact) mass is 247 g/mol. The van der Waals surface area contributed by atoms with Crippen LogP contribution in [0.2, 0.25) is 0 Å². The summed E-state index contributed by atoms with van der Waals surface area (Å²) in [6.07, 6.45) is -1.12. The first-order chi connectivity index (χ1) is 8.49. The van der Waals surface area contributed by atoms with Crippen molar-refractivity contribution in [1.29, 1.82) is 0 Å². The van der Waals surface area contributed by atoms with Crippen LogP contribution in [0.1, 0.15) is 17.5 Å². The number of imide groups is 3. The third-order valence-corrected chi connectivity index (χ3v) is 3.03. The zero-order valence-electron chi connectivity index (χ0n) is 9.92. The van der Waals surface area contributed by atoms with Gasteiger partial charge in [0.05, 0.1) is 5.92 Å². The standard InChI is InChI=1S/C13H13NO4/c1-8-2-4-9(5-3-8)6-10-7-11(15)14(12(10)16)13(17)18/h2-5,10H,6-7H2,1H3,(H,17,18). The van der Waals surface area contributed by atoms with Crippen molar-refractivity contribution in [1.82, 2.24) is 4.90 Å². The first-order valence-electron chi connectivity index (χ1n) is 5.64. The largest absolute Gasteiger partial charge is 0.464 e. The summed E-state index contributed by atoms with van der Waals surface area (Å²) in [5.41, 5.74) is 2.04. The second-order valence-corrected chi connectivity index (χ2v) is 4.44. The number of carbonyl (C=O) groups excluding carboxylic acids is 2. The van der Waals surface area contributed by atoms with Crippen LogP contribution < -0.4 is 0 Å². The predicted octanol–water partition coefficient (Wildman–Crippen LogP) is 1.59. The van der Waals surface area contributed by atoms with E-state index in [0.29, 0.717) is 11.3 Å². The lowest BCUT2D eigenvalue weighted by Gasteiger charge is -2.09. The Morgan fingerprint density at radius 2 is 1.94 bits per heavy atom. The minimum atomic E-state index is -1.49. The Bertz CT molecular complexity index is 506. The highest BCUT2D eigenvalue weighted by Crippen LogP contribution is 2.23. The number of hydrogen-bond acceptors (Lipinski definition) is 3. The molecule has 1 N–H and O–H groups in total. The van der Waals surface area contributed by atoms with Gasteiger partial charge in [0, 0.05) is 6.42 Å². The molecule has 0 aliphatic carbocycles. The van der Waals surface area contributed by atoms with Crippen LogP contribution in [-0.2, 0) is 16.0 Å². The van der Waals surface area contributed by atoms with Crippen molar-refractivity contribution >= 4 is 17.9 Å². The van der Waals surface area contributed by atoms with Crippen LogP contribution in [0.5, 0.6) is 0 Å². The summed E-state index contributed by atoms with van der Waals surface area (Å²) < 4.78 is 0. The van der Waals surface area contributed by atoms with Crippen molar-refractivity contribution in [3.8, 4) is 0 Å². The topological polar surface area (TPSA) is 74.7 Å². The molecule has 1 aliphatic heterocycles. The van der Waals surface area contributed by atoms with Crippen molar-refractivity contribution in [3.63, 3.8) is 0 Å². The Labute approximate surface area is 104 Å². The van der Waals surface area contributed by atoms with Gasteiger partial charge in [0.1, 0.15) is 0 Å². The fourth-order valence-corrected chi connectivity index (χ4v) is 2.06. The number of aryl methyl sites for hydroxylation is 1. The molecule has 94 valence electrons. The van der Waals surface area contributed by atoms with Gasteiger partial charge in [-0.05, 0) is 18.9 Å². The summed E-state index contributed by atoms with van der Waals surface area (Å²) >= 11 is 0. The number of carbonyl (C=O) groups is 3. The van der Waals surface area contributed by atoms with Crippen LogP contribution >= 0.6 is 0 Å². The first kappa shape index (κ1) is 12.3. The maximum atomic E-state index is 11.8. The summed E-state index contributed by atoms with van der Waals surface area (Å²) in [7, 11) is 0. The third kappa shape index (κ3) is 2.25. The zero-order valence-corrected chi connectivity index (χ0v) is 9.92. The number of likely N-dealkylation sites (tertiary alicyclic amines) is 1. The lowest BCUT2D eigenvalue weighted by Crippen LogP contribution is -2.35. The van der Waals surface area contributed by atoms with Crippen molar-refractivity contribution in [2.24, 2.45) is 5.92 Å². The molecule has 1 aromatic carbocycles. The van der Waals surface area contributed by atoms with Crippen LogP contribution in [0.3, 0.4) is 0 Å². The zero-order chi connectivity index (χ0) is 13.3. The number of benzene rings is 1. The molecule has 1 saturated heterocycles. The molecule has 0 aromatic heterocycles. The highest BCUT2D eigenvalue weighted by molar-refractivity contribution is 6.14. The Morgan fingerprint density at radius 3 is 2.44 bits per heavy atom. The molecule has 3 amide bonds. The van der Waals surface area contributed by atoms with Gasteiger partial charge in [0.25, 0.3) is 0 Å². The molecule has 1 unspecified atom stereocenters. The van der Waals surface area contributed by atoms with E-state index in [0.717, 1.165) is 11.1 Å². The number of nitrogens with zero attached hydrogens (tertiary/aromatic N) is 1. The van der Waals surface area contributed by atoms with Gasteiger partial charge in [-0.3, -0.25) is 9.59 Å². The third-order valence-electron chi connectivity index (χ3n) is 3.03. The van der Waals surface area contributed by atoms with E-state index < -0.39 is 23.8 Å². The Balaban J connectivity index is 2.12. The molecule has 1 aliphatic rings. The molecule has 5 heteroatoms. The Hall–Kier alpha value is -2.17. The van der Waals surface area contributed by atoms with Gasteiger partial charge in [-0.15, -0.1) is 0 Å². The van der Waals surface area contributed by atoms with E-state index in [1.807, 2.05) is 31.2 Å². The smallest absolute Gasteiger partial charge is 0.421 e. The number of amides is 3. The van der Waals surface area contributed by atoms with Crippen LogP contribution in [0.25, 0.3) is 0 Å². The van der Waals surface area contributed by atoms with Crippen LogP contribution in [-0.4, -0.2) is 27.9 Å². The molecule has 1 fully saturated rings. The quantitative estimate of drug-likeness (QED) is 0.805. The second kappa shape index (κ2) is 4.60. The van der Waals surface area contributed by atoms with Crippen LogP contribution in [0, 0.1) is 12.8 Å². The summed E-state index contributed by atoms with van der Waals surface area (Å²) in [5.74, 6) is -1.81. The molecule has 1 aromatic rings. The number of carboxylic acid groups (broad SMARTS) is 1. The molecule has 0 bridgehead atoms. The fourth-order valence-electron chi connectivity index (χ4n) is 2.06. The Morgan fingerprint density at radius 1 is 1.33 bits per heavy atom. The van der Waals surface area contributed by atoms with E-state index >= 15 is 0 Å². The SMILES string of the molecule is Cc1ccc(CC2CC(=O)N(C(=O)O)C2=O)cc1. The highest BCUT2D eigenvalue weighted by Gasteiger charge is 2.42. The van der Waals surface area contributed by atoms with Gasteiger partial charge in [-0.1, -0.05) is 29.8 Å². The molecule has 0 saturated carbocycles. The molecule has 2 rings (SSSR count). The molecule has 1 atom stereocenters. The average molecular weight is 247 g/mol. The van der Waals surface area contributed by atoms with E-state index in [2.05, 4.69) is 0 Å². The van der Waals surface area contributed by atoms with E-state index in [1.54, 1.807) is 0 Å². The maximum absolute atomic E-state index is 11.8. The summed E-state index contributed by atoms with van der Waals surface area (Å²) in [5, 5.41) is 8.76. The minimum absolute atomic E-state index is 0.0288. The summed E-state index contributed by atoms with van der Waals surface area (Å²) in [4.78, 5) is 34.2. The van der Waals surface area contributed by atoms with Gasteiger partial charge in [0.15, 0.2) is 0 Å². The van der Waals surface area contributed by atoms with Crippen molar-refractivity contribution in [2.45, 2.75) is 19.8 Å². The molecule has 1 heterocycles. The van der Waals surface area contributed by atoms with Crippen molar-refractivity contribution < 1.29 is 19.5 Å². The van der Waals surface area contributed by atoms with Gasteiger partial charge < -0.3 is 5.11 Å². The van der Waals surface area contributed by atoms with E-state index in [4.69, 9.17) is 5.11 Å². The first-order valence-corrected chi connectivity index (χ1v) is 5.64. The van der Waals surface area contributed by atoms with Gasteiger partial charge in [-0.2, -0.15) is 4.90 Å². The lowest BCUT2D eigenvalue weighted by atomic mass is 9.97. The summed E-state index contributed by atoms with van der Waals surface area (Å²) in [6.45, 7) is 1.96. The highest BCUT2D eigenvalue weighted by atomic mass is 16.4. The van der Waals surface area contributed by atoms with E-state index in [-0.39, 0.29) is 6.42 Å². The normalized spacial score (nSPS) is 19.4. The molecular weight excluding hydrogens is 234 g/mol. The molecule has 5 nitrogen and oxygen atoms in total. The van der Waals surface area contributed by atoms with Crippen molar-refractivity contribution in [3.05, 3.63) is 35.4 Å². The van der Waals surface area contributed by atoms with Gasteiger partial charge >= 0.3 is 6.09 Å². The number of hydrogen-bond donors (Lipinski definition) is 1. The van der Waals surface area contributed by atoms with Gasteiger partial charge in [0.2, 0.25) is 11.8 Å². The summed E-state index contributed by atoms with van der Waals surface area (Å²) in [6, 6.07) is 7.62. The van der Waals surface area contributed by atoms with Gasteiger partial charge in [-0.25, -0.2) is 4.79 Å². The van der Waals surface area contributed by atoms with E-state index in [9.17, 15) is 14.4 Å². The molecule has 0 radical (unpaired) electrons. The predicted molar refractivity (Wildman–Crippen MR) is 62.9 cm³/mol. The minimum Gasteiger partial charge on any atom is -0.464 e. The molecule has 0 spiro atoms. The van der Waals surface area contributed by atoms with Crippen molar-refractivity contribution in [2.75, 3.05) is 0 Å². The average Bonchev–Trinajstić information content (AvgIpc) is 2.57. The second-order valence-electron chi connectivity index (χ2n) is 4.44. The number of rotatable bonds is 2. The fraction of sp³-hybridized carbons (Fsp3) is 0.308. The van der Waals surface area contributed by atoms with Crippen LogP contribution in [0.4, 0.5) is 4.79 Å². The van der Waals surface area contributed by atoms with E-state index in [1.165, 1.54) is 0 Å². The maximum Gasteiger partial charge on any atom is 0.421 e. The molecular formula is C13H13NO4. The lowest BCUT2D eigenvalue weighted by molar-refractivity contribution is -0.136. The van der Waals surface area contributed by atoms with Crippen LogP contribution in [0.15, 0.2) is 24.3 Å².